The molecule has 0 bridgehead atoms. The molecule has 2 aromatic carbocycles. The second-order valence-electron chi connectivity index (χ2n) is 7.16. The Morgan fingerprint density at radius 3 is 2.21 bits per heavy atom. The molecule has 6 heteroatoms. The van der Waals surface area contributed by atoms with E-state index in [2.05, 4.69) is 5.10 Å². The molecule has 4 rings (SSSR count). The van der Waals surface area contributed by atoms with E-state index in [-0.39, 0.29) is 17.6 Å². The summed E-state index contributed by atoms with van der Waals surface area (Å²) in [7, 11) is 1.61. The fraction of sp³-hybridized carbons (Fsp3) is 0.261. The van der Waals surface area contributed by atoms with Crippen molar-refractivity contribution in [1.82, 2.24) is 14.7 Å². The van der Waals surface area contributed by atoms with Crippen molar-refractivity contribution >= 4 is 11.7 Å². The summed E-state index contributed by atoms with van der Waals surface area (Å²) in [4.78, 5) is 27.4. The summed E-state index contributed by atoms with van der Waals surface area (Å²) in [6, 6.07) is 16.5. The Kier molecular flexibility index (Phi) is 5.42. The Morgan fingerprint density at radius 2 is 1.62 bits per heavy atom. The Bertz CT molecular complexity index is 971. The largest absolute Gasteiger partial charge is 0.497 e. The molecule has 0 unspecified atom stereocenters. The van der Waals surface area contributed by atoms with Crippen molar-refractivity contribution < 1.29 is 14.3 Å². The molecule has 0 atom stereocenters. The van der Waals surface area contributed by atoms with Gasteiger partial charge >= 0.3 is 0 Å². The van der Waals surface area contributed by atoms with Crippen LogP contribution in [0.5, 0.6) is 5.75 Å². The fourth-order valence-corrected chi connectivity index (χ4v) is 3.70. The van der Waals surface area contributed by atoms with Crippen molar-refractivity contribution in [2.45, 2.75) is 12.8 Å². The van der Waals surface area contributed by atoms with Gasteiger partial charge < -0.3 is 9.64 Å². The van der Waals surface area contributed by atoms with Crippen molar-refractivity contribution in [2.24, 2.45) is 5.92 Å². The summed E-state index contributed by atoms with van der Waals surface area (Å²) in [5.74, 6) is 0.839. The van der Waals surface area contributed by atoms with Crippen molar-refractivity contribution in [3.8, 4) is 11.4 Å². The van der Waals surface area contributed by atoms with E-state index >= 15 is 0 Å². The zero-order valence-electron chi connectivity index (χ0n) is 16.3. The highest BCUT2D eigenvalue weighted by atomic mass is 16.5. The number of hydrogen-bond acceptors (Lipinski definition) is 4. The Morgan fingerprint density at radius 1 is 0.966 bits per heavy atom. The first-order chi connectivity index (χ1) is 14.2. The third-order valence-corrected chi connectivity index (χ3v) is 5.41. The monoisotopic (exact) mass is 389 g/mol. The number of amides is 1. The van der Waals surface area contributed by atoms with Gasteiger partial charge in [0, 0.05) is 42.5 Å². The maximum absolute atomic E-state index is 12.8. The van der Waals surface area contributed by atoms with E-state index in [0.717, 1.165) is 11.4 Å². The van der Waals surface area contributed by atoms with Gasteiger partial charge in [0.25, 0.3) is 5.91 Å². The quantitative estimate of drug-likeness (QED) is 0.625. The van der Waals surface area contributed by atoms with E-state index in [1.807, 2.05) is 41.4 Å². The normalized spacial score (nSPS) is 14.6. The molecule has 3 aromatic rings. The maximum atomic E-state index is 12.8. The average molecular weight is 389 g/mol. The van der Waals surface area contributed by atoms with Crippen LogP contribution in [0.15, 0.2) is 67.0 Å². The molecule has 1 amide bonds. The van der Waals surface area contributed by atoms with Crippen LogP contribution in [0, 0.1) is 5.92 Å². The summed E-state index contributed by atoms with van der Waals surface area (Å²) in [6.45, 7) is 1.18. The van der Waals surface area contributed by atoms with Gasteiger partial charge in [-0.2, -0.15) is 5.10 Å². The molecule has 1 aliphatic rings. The Labute approximate surface area is 169 Å². The predicted molar refractivity (Wildman–Crippen MR) is 110 cm³/mol. The number of ketones is 1. The number of hydrogen-bond donors (Lipinski definition) is 0. The minimum absolute atomic E-state index is 0.00682. The van der Waals surface area contributed by atoms with Gasteiger partial charge in [-0.05, 0) is 67.4 Å². The molecule has 2 heterocycles. The van der Waals surface area contributed by atoms with E-state index in [1.54, 1.807) is 42.3 Å². The SMILES string of the molecule is COc1ccc(C(=O)C2CCN(C(=O)c3ccc(-n4cccn4)cc3)CC2)cc1. The molecule has 6 nitrogen and oxygen atoms in total. The van der Waals surface area contributed by atoms with Crippen LogP contribution >= 0.6 is 0 Å². The molecule has 0 radical (unpaired) electrons. The van der Waals surface area contributed by atoms with Gasteiger partial charge in [0.05, 0.1) is 12.8 Å². The van der Waals surface area contributed by atoms with Crippen LogP contribution in [0.4, 0.5) is 0 Å². The molecule has 0 aliphatic carbocycles. The highest BCUT2D eigenvalue weighted by Crippen LogP contribution is 2.24. The number of ether oxygens (including phenoxy) is 1. The molecule has 0 N–H and O–H groups in total. The zero-order chi connectivity index (χ0) is 20.2. The summed E-state index contributed by atoms with van der Waals surface area (Å²) in [5, 5.41) is 4.19. The van der Waals surface area contributed by atoms with E-state index in [0.29, 0.717) is 37.1 Å². The Hall–Kier alpha value is -3.41. The summed E-state index contributed by atoms with van der Waals surface area (Å²) >= 11 is 0. The number of Topliss-reactive ketones (excluding diaryl/α,β-unsaturated/α-hetero) is 1. The third-order valence-electron chi connectivity index (χ3n) is 5.41. The second-order valence-corrected chi connectivity index (χ2v) is 7.16. The minimum atomic E-state index is -0.0466. The van der Waals surface area contributed by atoms with Crippen LogP contribution in [0.25, 0.3) is 5.69 Å². The lowest BCUT2D eigenvalue weighted by atomic mass is 9.88. The number of carbonyl (C=O) groups excluding carboxylic acids is 2. The lowest BCUT2D eigenvalue weighted by Gasteiger charge is -2.31. The van der Waals surface area contributed by atoms with Gasteiger partial charge in [-0.25, -0.2) is 4.68 Å². The van der Waals surface area contributed by atoms with E-state index in [9.17, 15) is 9.59 Å². The molecule has 148 valence electrons. The lowest BCUT2D eigenvalue weighted by molar-refractivity contribution is 0.0650. The topological polar surface area (TPSA) is 64.4 Å². The van der Waals surface area contributed by atoms with Crippen molar-refractivity contribution in [1.29, 1.82) is 0 Å². The molecule has 0 saturated carbocycles. The standard InChI is InChI=1S/C23H23N3O3/c1-29-21-9-5-17(6-10-21)22(27)18-11-15-25(16-12-18)23(28)19-3-7-20(8-4-19)26-14-2-13-24-26/h2-10,13-14,18H,11-12,15-16H2,1H3. The number of likely N-dealkylation sites (tertiary alicyclic amines) is 1. The van der Waals surface area contributed by atoms with Crippen molar-refractivity contribution in [3.05, 3.63) is 78.1 Å². The molecule has 1 aromatic heterocycles. The first-order valence-corrected chi connectivity index (χ1v) is 9.73. The predicted octanol–water partition coefficient (Wildman–Crippen LogP) is 3.62. The number of carbonyl (C=O) groups is 2. The van der Waals surface area contributed by atoms with E-state index in [4.69, 9.17) is 4.74 Å². The molecule has 1 saturated heterocycles. The minimum Gasteiger partial charge on any atom is -0.497 e. The van der Waals surface area contributed by atoms with E-state index < -0.39 is 0 Å². The zero-order valence-corrected chi connectivity index (χ0v) is 16.3. The van der Waals surface area contributed by atoms with Gasteiger partial charge in [-0.15, -0.1) is 0 Å². The number of rotatable bonds is 5. The molecular weight excluding hydrogens is 366 g/mol. The van der Waals surface area contributed by atoms with Gasteiger partial charge in [-0.1, -0.05) is 0 Å². The number of piperidine rings is 1. The van der Waals surface area contributed by atoms with Crippen LogP contribution < -0.4 is 4.74 Å². The van der Waals surface area contributed by atoms with Gasteiger partial charge in [0.2, 0.25) is 0 Å². The van der Waals surface area contributed by atoms with E-state index in [1.165, 1.54) is 0 Å². The van der Waals surface area contributed by atoms with Crippen LogP contribution in [0.1, 0.15) is 33.6 Å². The highest BCUT2D eigenvalue weighted by Gasteiger charge is 2.28. The molecule has 1 aliphatic heterocycles. The van der Waals surface area contributed by atoms with Crippen molar-refractivity contribution in [3.63, 3.8) is 0 Å². The average Bonchev–Trinajstić information content (AvgIpc) is 3.33. The Balaban J connectivity index is 1.36. The summed E-state index contributed by atoms with van der Waals surface area (Å²) < 4.78 is 6.90. The summed E-state index contributed by atoms with van der Waals surface area (Å²) in [6.07, 6.45) is 4.95. The number of benzene rings is 2. The van der Waals surface area contributed by atoms with Crippen LogP contribution in [0.2, 0.25) is 0 Å². The van der Waals surface area contributed by atoms with Crippen LogP contribution in [-0.2, 0) is 0 Å². The number of methoxy groups -OCH3 is 1. The van der Waals surface area contributed by atoms with Gasteiger partial charge in [0.1, 0.15) is 5.75 Å². The maximum Gasteiger partial charge on any atom is 0.253 e. The number of aromatic nitrogens is 2. The highest BCUT2D eigenvalue weighted by molar-refractivity contribution is 5.98. The fourth-order valence-electron chi connectivity index (χ4n) is 3.70. The molecule has 0 spiro atoms. The van der Waals surface area contributed by atoms with Crippen LogP contribution in [0.3, 0.4) is 0 Å². The lowest BCUT2D eigenvalue weighted by Crippen LogP contribution is -2.40. The smallest absolute Gasteiger partial charge is 0.253 e. The first kappa shape index (κ1) is 18.9. The third kappa shape index (κ3) is 4.06. The van der Waals surface area contributed by atoms with Gasteiger partial charge in [-0.3, -0.25) is 9.59 Å². The molecule has 1 fully saturated rings. The first-order valence-electron chi connectivity index (χ1n) is 9.73. The van der Waals surface area contributed by atoms with Crippen LogP contribution in [-0.4, -0.2) is 46.6 Å². The number of nitrogens with zero attached hydrogens (tertiary/aromatic N) is 3. The van der Waals surface area contributed by atoms with Gasteiger partial charge in [0.15, 0.2) is 5.78 Å². The second kappa shape index (κ2) is 8.31. The molecular formula is C23H23N3O3. The summed E-state index contributed by atoms with van der Waals surface area (Å²) in [5.41, 5.74) is 2.26. The molecule has 29 heavy (non-hydrogen) atoms. The van der Waals surface area contributed by atoms with Crippen molar-refractivity contribution in [2.75, 3.05) is 20.2 Å².